The molecule has 0 radical (unpaired) electrons. The van der Waals surface area contributed by atoms with E-state index >= 15 is 0 Å². The first kappa shape index (κ1) is 19.4. The number of ether oxygens (including phenoxy) is 1. The van der Waals surface area contributed by atoms with E-state index in [4.69, 9.17) is 4.74 Å². The molecule has 1 N–H and O–H groups in total. The van der Waals surface area contributed by atoms with Crippen molar-refractivity contribution in [2.24, 2.45) is 5.92 Å². The Hall–Kier alpha value is -2.37. The maximum absolute atomic E-state index is 12.7. The molecule has 6 nitrogen and oxygen atoms in total. The average Bonchev–Trinajstić information content (AvgIpc) is 3.09. The van der Waals surface area contributed by atoms with Gasteiger partial charge in [0.2, 0.25) is 5.91 Å². The van der Waals surface area contributed by atoms with Gasteiger partial charge in [-0.25, -0.2) is 4.79 Å². The van der Waals surface area contributed by atoms with Crippen molar-refractivity contribution in [1.82, 2.24) is 5.32 Å². The van der Waals surface area contributed by atoms with Crippen molar-refractivity contribution < 1.29 is 19.1 Å². The minimum Gasteiger partial charge on any atom is -0.449 e. The highest BCUT2D eigenvalue weighted by Crippen LogP contribution is 2.27. The molecule has 1 aliphatic carbocycles. The van der Waals surface area contributed by atoms with E-state index in [1.807, 2.05) is 0 Å². The van der Waals surface area contributed by atoms with E-state index in [0.717, 1.165) is 25.7 Å². The third kappa shape index (κ3) is 4.49. The lowest BCUT2D eigenvalue weighted by Gasteiger charge is -2.30. The van der Waals surface area contributed by atoms with Crippen LogP contribution in [-0.4, -0.2) is 36.5 Å². The molecule has 6 heteroatoms. The van der Waals surface area contributed by atoms with Gasteiger partial charge in [0, 0.05) is 19.0 Å². The van der Waals surface area contributed by atoms with Gasteiger partial charge in [0.15, 0.2) is 6.10 Å². The van der Waals surface area contributed by atoms with E-state index in [1.165, 1.54) is 6.42 Å². The van der Waals surface area contributed by atoms with Gasteiger partial charge in [0.1, 0.15) is 0 Å². The summed E-state index contributed by atoms with van der Waals surface area (Å²) in [6.07, 6.45) is 4.77. The Labute approximate surface area is 160 Å². The molecule has 1 aromatic carbocycles. The third-order valence-corrected chi connectivity index (χ3v) is 5.58. The van der Waals surface area contributed by atoms with Crippen LogP contribution in [0, 0.1) is 5.92 Å². The van der Waals surface area contributed by atoms with Gasteiger partial charge in [-0.2, -0.15) is 0 Å². The summed E-state index contributed by atoms with van der Waals surface area (Å²) in [6.45, 7) is 4.33. The fourth-order valence-electron chi connectivity index (χ4n) is 3.89. The molecule has 1 aliphatic heterocycles. The number of benzene rings is 1. The van der Waals surface area contributed by atoms with Crippen LogP contribution in [0.4, 0.5) is 5.69 Å². The summed E-state index contributed by atoms with van der Waals surface area (Å²) in [4.78, 5) is 38.8. The minimum absolute atomic E-state index is 0.00678. The average molecular weight is 372 g/mol. The molecule has 2 aliphatic rings. The first-order valence-electron chi connectivity index (χ1n) is 9.88. The molecular weight excluding hydrogens is 344 g/mol. The summed E-state index contributed by atoms with van der Waals surface area (Å²) in [7, 11) is 0. The van der Waals surface area contributed by atoms with Crippen molar-refractivity contribution in [2.45, 2.75) is 64.5 Å². The highest BCUT2D eigenvalue weighted by molar-refractivity contribution is 6.04. The lowest BCUT2D eigenvalue weighted by atomic mass is 9.86. The van der Waals surface area contributed by atoms with Gasteiger partial charge in [0.25, 0.3) is 5.91 Å². The van der Waals surface area contributed by atoms with Gasteiger partial charge in [-0.05, 0) is 44.2 Å². The second kappa shape index (κ2) is 8.55. The van der Waals surface area contributed by atoms with Crippen molar-refractivity contribution in [2.75, 3.05) is 11.4 Å². The molecule has 2 fully saturated rings. The minimum atomic E-state index is -0.881. The maximum atomic E-state index is 12.7. The van der Waals surface area contributed by atoms with Crippen molar-refractivity contribution in [3.05, 3.63) is 29.8 Å². The van der Waals surface area contributed by atoms with Gasteiger partial charge in [-0.3, -0.25) is 9.59 Å². The summed E-state index contributed by atoms with van der Waals surface area (Å²) in [5.74, 6) is -0.402. The summed E-state index contributed by atoms with van der Waals surface area (Å²) in [5.41, 5.74) is 0.872. The van der Waals surface area contributed by atoms with E-state index in [0.29, 0.717) is 30.1 Å². The van der Waals surface area contributed by atoms with Gasteiger partial charge >= 0.3 is 5.97 Å². The molecule has 1 saturated carbocycles. The van der Waals surface area contributed by atoms with Crippen molar-refractivity contribution >= 4 is 23.5 Å². The molecule has 3 rings (SSSR count). The van der Waals surface area contributed by atoms with Crippen molar-refractivity contribution in [1.29, 1.82) is 0 Å². The van der Waals surface area contributed by atoms with Gasteiger partial charge in [-0.1, -0.05) is 31.9 Å². The fraction of sp³-hybridized carbons (Fsp3) is 0.571. The van der Waals surface area contributed by atoms with E-state index in [-0.39, 0.29) is 17.9 Å². The summed E-state index contributed by atoms with van der Waals surface area (Å²) in [5, 5.41) is 3.02. The number of carbonyl (C=O) groups is 3. The summed E-state index contributed by atoms with van der Waals surface area (Å²) >= 11 is 0. The van der Waals surface area contributed by atoms with Crippen molar-refractivity contribution in [3.63, 3.8) is 0 Å². The number of anilines is 1. The Bertz CT molecular complexity index is 718. The molecule has 146 valence electrons. The Balaban J connectivity index is 1.64. The smallest absolute Gasteiger partial charge is 0.341 e. The topological polar surface area (TPSA) is 75.7 Å². The first-order chi connectivity index (χ1) is 13.0. The Morgan fingerprint density at radius 2 is 1.93 bits per heavy atom. The van der Waals surface area contributed by atoms with E-state index in [2.05, 4.69) is 12.2 Å². The molecule has 2 amide bonds. The summed E-state index contributed by atoms with van der Waals surface area (Å²) < 4.78 is 5.42. The molecule has 0 spiro atoms. The van der Waals surface area contributed by atoms with Crippen molar-refractivity contribution in [3.8, 4) is 0 Å². The zero-order valence-electron chi connectivity index (χ0n) is 16.1. The monoisotopic (exact) mass is 372 g/mol. The van der Waals surface area contributed by atoms with E-state index in [1.54, 1.807) is 36.1 Å². The molecule has 1 saturated heterocycles. The number of esters is 1. The number of hydrogen-bond acceptors (Lipinski definition) is 4. The fourth-order valence-corrected chi connectivity index (χ4v) is 3.89. The van der Waals surface area contributed by atoms with Crippen LogP contribution in [0.25, 0.3) is 0 Å². The number of hydrogen-bond donors (Lipinski definition) is 1. The highest BCUT2D eigenvalue weighted by atomic mass is 16.5. The number of rotatable bonds is 5. The Kier molecular flexibility index (Phi) is 6.14. The van der Waals surface area contributed by atoms with Crippen LogP contribution < -0.4 is 10.2 Å². The molecule has 0 unspecified atom stereocenters. The van der Waals surface area contributed by atoms with Crippen LogP contribution in [0.5, 0.6) is 0 Å². The molecule has 1 heterocycles. The molecule has 3 atom stereocenters. The van der Waals surface area contributed by atoms with Crippen LogP contribution in [0.2, 0.25) is 0 Å². The number of nitrogens with one attached hydrogen (secondary N) is 1. The molecular formula is C21H28N2O4. The second-order valence-corrected chi connectivity index (χ2v) is 7.59. The molecule has 1 aromatic rings. The largest absolute Gasteiger partial charge is 0.449 e. The molecule has 0 aromatic heterocycles. The van der Waals surface area contributed by atoms with Crippen LogP contribution >= 0.6 is 0 Å². The van der Waals surface area contributed by atoms with E-state index < -0.39 is 12.1 Å². The second-order valence-electron chi connectivity index (χ2n) is 7.59. The molecule has 27 heavy (non-hydrogen) atoms. The third-order valence-electron chi connectivity index (χ3n) is 5.58. The molecule has 0 bridgehead atoms. The number of nitrogens with zero attached hydrogens (tertiary/aromatic N) is 1. The summed E-state index contributed by atoms with van der Waals surface area (Å²) in [6, 6.07) is 7.04. The van der Waals surface area contributed by atoms with Crippen LogP contribution in [0.1, 0.15) is 62.7 Å². The lowest BCUT2D eigenvalue weighted by molar-refractivity contribution is -0.130. The van der Waals surface area contributed by atoms with Gasteiger partial charge in [0.05, 0.1) is 11.3 Å². The Morgan fingerprint density at radius 1 is 1.19 bits per heavy atom. The normalized spacial score (nSPS) is 23.8. The van der Waals surface area contributed by atoms with Crippen LogP contribution in [0.3, 0.4) is 0 Å². The zero-order chi connectivity index (χ0) is 19.4. The van der Waals surface area contributed by atoms with E-state index in [9.17, 15) is 14.4 Å². The predicted molar refractivity (Wildman–Crippen MR) is 102 cm³/mol. The Morgan fingerprint density at radius 3 is 2.63 bits per heavy atom. The predicted octanol–water partition coefficient (Wildman–Crippen LogP) is 3.05. The number of amides is 2. The lowest BCUT2D eigenvalue weighted by Crippen LogP contribution is -2.46. The van der Waals surface area contributed by atoms with Gasteiger partial charge in [-0.15, -0.1) is 0 Å². The van der Waals surface area contributed by atoms with Crippen LogP contribution in [-0.2, 0) is 14.3 Å². The van der Waals surface area contributed by atoms with Gasteiger partial charge < -0.3 is 15.0 Å². The maximum Gasteiger partial charge on any atom is 0.341 e. The first-order valence-corrected chi connectivity index (χ1v) is 9.88. The quantitative estimate of drug-likeness (QED) is 0.806. The number of carbonyl (C=O) groups excluding carboxylic acids is 3. The standard InChI is InChI=1S/C21H28N2O4/c1-14-8-3-5-10-17(14)22-20(25)15(2)27-21(26)16-9-4-6-11-18(16)23-13-7-12-19(23)24/h4,6,9,11,14-15,17H,3,5,7-8,10,12-13H2,1-2H3,(H,22,25)/t14-,15+,17+/m0/s1. The number of para-hydroxylation sites is 1. The van der Waals surface area contributed by atoms with Crippen LogP contribution in [0.15, 0.2) is 24.3 Å². The zero-order valence-corrected chi connectivity index (χ0v) is 16.1. The SMILES string of the molecule is C[C@@H](OC(=O)c1ccccc1N1CCCC1=O)C(=O)N[C@@H]1CCCC[C@@H]1C. The highest BCUT2D eigenvalue weighted by Gasteiger charge is 2.29.